The van der Waals surface area contributed by atoms with Crippen LogP contribution in [0.25, 0.3) is 16.9 Å². The van der Waals surface area contributed by atoms with Gasteiger partial charge in [-0.15, -0.1) is 0 Å². The molecular formula is C19H18F4N2. The summed E-state index contributed by atoms with van der Waals surface area (Å²) in [5, 5.41) is 3.68. The van der Waals surface area contributed by atoms with Crippen LogP contribution in [0.15, 0.2) is 54.6 Å². The highest BCUT2D eigenvalue weighted by Crippen LogP contribution is 2.33. The molecule has 3 aromatic rings. The molecule has 132 valence electrons. The smallest absolute Gasteiger partial charge is 0.233 e. The minimum atomic E-state index is -4.55. The molecule has 0 N–H and O–H groups in total. The Balaban J connectivity index is 0.00000109. The molecule has 0 saturated carbocycles. The standard InChI is InChI=1S/C17H12F4N2.C2H6/c1-11-2-8-14(9-3-11)23-15(10-16(22-23)17(19,20)21)12-4-6-13(18)7-5-12;1-2/h2-10H,1H3;1-2H3. The van der Waals surface area contributed by atoms with Crippen molar-refractivity contribution in [1.29, 1.82) is 0 Å². The largest absolute Gasteiger partial charge is 0.435 e. The molecule has 0 saturated heterocycles. The highest BCUT2D eigenvalue weighted by Gasteiger charge is 2.35. The quantitative estimate of drug-likeness (QED) is 0.516. The summed E-state index contributed by atoms with van der Waals surface area (Å²) in [5.41, 5.74) is 1.21. The van der Waals surface area contributed by atoms with Crippen molar-refractivity contribution < 1.29 is 17.6 Å². The van der Waals surface area contributed by atoms with Gasteiger partial charge in [-0.3, -0.25) is 0 Å². The molecule has 2 aromatic carbocycles. The van der Waals surface area contributed by atoms with Crippen LogP contribution in [0.3, 0.4) is 0 Å². The topological polar surface area (TPSA) is 17.8 Å². The zero-order valence-corrected chi connectivity index (χ0v) is 14.1. The van der Waals surface area contributed by atoms with Gasteiger partial charge >= 0.3 is 6.18 Å². The number of halogens is 4. The van der Waals surface area contributed by atoms with Gasteiger partial charge in [0.25, 0.3) is 0 Å². The number of aryl methyl sites for hydroxylation is 1. The highest BCUT2D eigenvalue weighted by molar-refractivity contribution is 5.63. The lowest BCUT2D eigenvalue weighted by Crippen LogP contribution is -2.07. The molecule has 3 rings (SSSR count). The van der Waals surface area contributed by atoms with Crippen molar-refractivity contribution in [3.05, 3.63) is 71.7 Å². The van der Waals surface area contributed by atoms with E-state index in [9.17, 15) is 17.6 Å². The molecule has 0 aliphatic carbocycles. The summed E-state index contributed by atoms with van der Waals surface area (Å²) < 4.78 is 53.3. The van der Waals surface area contributed by atoms with Crippen molar-refractivity contribution in [2.24, 2.45) is 0 Å². The van der Waals surface area contributed by atoms with Gasteiger partial charge in [-0.25, -0.2) is 9.07 Å². The summed E-state index contributed by atoms with van der Waals surface area (Å²) in [5.74, 6) is -0.453. The lowest BCUT2D eigenvalue weighted by molar-refractivity contribution is -0.141. The van der Waals surface area contributed by atoms with Gasteiger partial charge in [-0.1, -0.05) is 31.5 Å². The van der Waals surface area contributed by atoms with E-state index in [1.165, 1.54) is 28.9 Å². The van der Waals surface area contributed by atoms with Gasteiger partial charge < -0.3 is 0 Å². The molecule has 0 unspecified atom stereocenters. The van der Waals surface area contributed by atoms with E-state index in [1.807, 2.05) is 20.8 Å². The maximum atomic E-state index is 13.1. The molecule has 2 nitrogen and oxygen atoms in total. The van der Waals surface area contributed by atoms with Crippen LogP contribution in [0.5, 0.6) is 0 Å². The predicted octanol–water partition coefficient (Wildman–Crippen LogP) is 6.03. The van der Waals surface area contributed by atoms with Crippen molar-refractivity contribution in [2.45, 2.75) is 26.9 Å². The van der Waals surface area contributed by atoms with Gasteiger partial charge in [-0.05, 0) is 49.4 Å². The molecule has 0 bridgehead atoms. The van der Waals surface area contributed by atoms with E-state index in [0.29, 0.717) is 11.3 Å². The second-order valence-electron chi connectivity index (χ2n) is 5.17. The van der Waals surface area contributed by atoms with Crippen molar-refractivity contribution in [3.63, 3.8) is 0 Å². The minimum Gasteiger partial charge on any atom is -0.233 e. The molecule has 0 fully saturated rings. The van der Waals surface area contributed by atoms with Crippen LogP contribution in [0.1, 0.15) is 25.1 Å². The van der Waals surface area contributed by atoms with E-state index in [4.69, 9.17) is 0 Å². The Bertz CT molecular complexity index is 753. The van der Waals surface area contributed by atoms with Gasteiger partial charge in [-0.2, -0.15) is 18.3 Å². The average Bonchev–Trinajstić information content (AvgIpc) is 3.04. The zero-order chi connectivity index (χ0) is 18.6. The van der Waals surface area contributed by atoms with Crippen molar-refractivity contribution in [1.82, 2.24) is 9.78 Å². The third kappa shape index (κ3) is 4.26. The van der Waals surface area contributed by atoms with E-state index >= 15 is 0 Å². The molecule has 1 heterocycles. The summed E-state index contributed by atoms with van der Waals surface area (Å²) in [6.07, 6.45) is -4.55. The van der Waals surface area contributed by atoms with E-state index in [2.05, 4.69) is 5.10 Å². The Hall–Kier alpha value is -2.63. The predicted molar refractivity (Wildman–Crippen MR) is 90.0 cm³/mol. The Morgan fingerprint density at radius 2 is 1.44 bits per heavy atom. The third-order valence-corrected chi connectivity index (χ3v) is 3.42. The first-order valence-corrected chi connectivity index (χ1v) is 7.85. The minimum absolute atomic E-state index is 0.251. The van der Waals surface area contributed by atoms with Gasteiger partial charge in [0, 0.05) is 5.56 Å². The third-order valence-electron chi connectivity index (χ3n) is 3.42. The first-order chi connectivity index (χ1) is 11.8. The van der Waals surface area contributed by atoms with Crippen LogP contribution in [0, 0.1) is 12.7 Å². The molecule has 0 aliphatic heterocycles. The van der Waals surface area contributed by atoms with Crippen LogP contribution in [-0.4, -0.2) is 9.78 Å². The number of aromatic nitrogens is 2. The van der Waals surface area contributed by atoms with E-state index in [-0.39, 0.29) is 5.69 Å². The number of nitrogens with zero attached hydrogens (tertiary/aromatic N) is 2. The van der Waals surface area contributed by atoms with E-state index in [1.54, 1.807) is 24.3 Å². The second-order valence-corrected chi connectivity index (χ2v) is 5.17. The van der Waals surface area contributed by atoms with Crippen molar-refractivity contribution >= 4 is 0 Å². The summed E-state index contributed by atoms with van der Waals surface area (Å²) >= 11 is 0. The monoisotopic (exact) mass is 350 g/mol. The molecule has 6 heteroatoms. The molecule has 0 atom stereocenters. The van der Waals surface area contributed by atoms with E-state index < -0.39 is 17.7 Å². The molecule has 25 heavy (non-hydrogen) atoms. The van der Waals surface area contributed by atoms with Crippen LogP contribution in [-0.2, 0) is 6.18 Å². The maximum Gasteiger partial charge on any atom is 0.435 e. The summed E-state index contributed by atoms with van der Waals surface area (Å²) in [4.78, 5) is 0. The second kappa shape index (κ2) is 7.51. The maximum absolute atomic E-state index is 13.1. The van der Waals surface area contributed by atoms with Crippen molar-refractivity contribution in [3.8, 4) is 16.9 Å². The van der Waals surface area contributed by atoms with E-state index in [0.717, 1.165) is 11.6 Å². The highest BCUT2D eigenvalue weighted by atomic mass is 19.4. The van der Waals surface area contributed by atoms with Crippen LogP contribution < -0.4 is 0 Å². The number of hydrogen-bond donors (Lipinski definition) is 0. The lowest BCUT2D eigenvalue weighted by Gasteiger charge is -2.08. The molecule has 0 amide bonds. The summed E-state index contributed by atoms with van der Waals surface area (Å²) in [6, 6.07) is 13.2. The normalized spacial score (nSPS) is 11.0. The SMILES string of the molecule is CC.Cc1ccc(-n2nc(C(F)(F)F)cc2-c2ccc(F)cc2)cc1. The van der Waals surface area contributed by atoms with Crippen LogP contribution in [0.4, 0.5) is 17.6 Å². The van der Waals surface area contributed by atoms with Gasteiger partial charge in [0.2, 0.25) is 0 Å². The lowest BCUT2D eigenvalue weighted by atomic mass is 10.1. The number of hydrogen-bond acceptors (Lipinski definition) is 1. The van der Waals surface area contributed by atoms with Gasteiger partial charge in [0.05, 0.1) is 11.4 Å². The van der Waals surface area contributed by atoms with Crippen LogP contribution in [0.2, 0.25) is 0 Å². The zero-order valence-electron chi connectivity index (χ0n) is 14.1. The van der Waals surface area contributed by atoms with Gasteiger partial charge in [0.1, 0.15) is 5.82 Å². The number of benzene rings is 2. The first-order valence-electron chi connectivity index (χ1n) is 7.85. The Morgan fingerprint density at radius 3 is 1.96 bits per heavy atom. The fraction of sp³-hybridized carbons (Fsp3) is 0.211. The summed E-state index contributed by atoms with van der Waals surface area (Å²) in [6.45, 7) is 5.88. The first kappa shape index (κ1) is 18.7. The molecule has 1 aromatic heterocycles. The molecule has 0 spiro atoms. The van der Waals surface area contributed by atoms with Gasteiger partial charge in [0.15, 0.2) is 5.69 Å². The number of alkyl halides is 3. The Morgan fingerprint density at radius 1 is 0.880 bits per heavy atom. The van der Waals surface area contributed by atoms with Crippen molar-refractivity contribution in [2.75, 3.05) is 0 Å². The molecule has 0 aliphatic rings. The molecular weight excluding hydrogens is 332 g/mol. The Kier molecular flexibility index (Phi) is 5.62. The van der Waals surface area contributed by atoms with Crippen LogP contribution >= 0.6 is 0 Å². The Labute approximate surface area is 143 Å². The molecule has 0 radical (unpaired) electrons. The number of rotatable bonds is 2. The fourth-order valence-corrected chi connectivity index (χ4v) is 2.23. The summed E-state index contributed by atoms with van der Waals surface area (Å²) in [7, 11) is 0. The fourth-order valence-electron chi connectivity index (χ4n) is 2.23. The average molecular weight is 350 g/mol.